The molecule has 1 fully saturated rings. The normalized spacial score (nSPS) is 17.1. The van der Waals surface area contributed by atoms with E-state index in [0.717, 1.165) is 42.8 Å². The average Bonchev–Trinajstić information content (AvgIpc) is 3.21. The van der Waals surface area contributed by atoms with Crippen molar-refractivity contribution in [3.8, 4) is 5.75 Å². The van der Waals surface area contributed by atoms with Crippen LogP contribution in [-0.2, 0) is 6.42 Å². The number of ether oxygens (including phenoxy) is 1. The van der Waals surface area contributed by atoms with Gasteiger partial charge in [0.2, 0.25) is 0 Å². The molecule has 0 aliphatic carbocycles. The predicted octanol–water partition coefficient (Wildman–Crippen LogP) is 3.92. The first-order chi connectivity index (χ1) is 11.7. The molecule has 24 heavy (non-hydrogen) atoms. The highest BCUT2D eigenvalue weighted by Gasteiger charge is 2.34. The highest BCUT2D eigenvalue weighted by molar-refractivity contribution is 5.91. The molecule has 1 aliphatic rings. The van der Waals surface area contributed by atoms with Gasteiger partial charge in [0.05, 0.1) is 24.5 Å². The van der Waals surface area contributed by atoms with Crippen molar-refractivity contribution in [2.75, 3.05) is 19.0 Å². The Labute approximate surface area is 141 Å². The second-order valence-corrected chi connectivity index (χ2v) is 5.94. The Morgan fingerprint density at radius 3 is 3.00 bits per heavy atom. The van der Waals surface area contributed by atoms with Crippen LogP contribution in [0.4, 0.5) is 10.5 Å². The van der Waals surface area contributed by atoms with Gasteiger partial charge in [0, 0.05) is 18.5 Å². The third-order valence-corrected chi connectivity index (χ3v) is 4.50. The summed E-state index contributed by atoms with van der Waals surface area (Å²) in [5.74, 6) is 1.52. The van der Waals surface area contributed by atoms with Crippen molar-refractivity contribution in [2.45, 2.75) is 39.2 Å². The van der Waals surface area contributed by atoms with Crippen LogP contribution in [0.25, 0.3) is 0 Å². The van der Waals surface area contributed by atoms with Gasteiger partial charge in [0.1, 0.15) is 11.5 Å². The molecule has 1 aromatic carbocycles. The van der Waals surface area contributed by atoms with E-state index in [2.05, 4.69) is 10.5 Å². The number of likely N-dealkylation sites (tertiary alicyclic amines) is 1. The second kappa shape index (κ2) is 6.95. The van der Waals surface area contributed by atoms with Crippen molar-refractivity contribution >= 4 is 11.7 Å². The number of carbonyl (C=O) groups is 1. The number of para-hydroxylation sites is 2. The minimum atomic E-state index is -0.121. The van der Waals surface area contributed by atoms with Crippen molar-refractivity contribution in [3.05, 3.63) is 41.3 Å². The van der Waals surface area contributed by atoms with Gasteiger partial charge in [-0.25, -0.2) is 4.79 Å². The number of carbonyl (C=O) groups excluding carboxylic acids is 1. The molecule has 1 aliphatic heterocycles. The first kappa shape index (κ1) is 16.4. The molecule has 0 saturated carbocycles. The molecule has 1 N–H and O–H groups in total. The molecule has 0 unspecified atom stereocenters. The quantitative estimate of drug-likeness (QED) is 0.923. The Hall–Kier alpha value is -2.50. The van der Waals surface area contributed by atoms with Gasteiger partial charge in [-0.15, -0.1) is 0 Å². The largest absolute Gasteiger partial charge is 0.495 e. The van der Waals surface area contributed by atoms with Crippen LogP contribution in [0, 0.1) is 6.92 Å². The number of anilines is 1. The van der Waals surface area contributed by atoms with E-state index in [4.69, 9.17) is 9.26 Å². The van der Waals surface area contributed by atoms with E-state index in [1.165, 1.54) is 0 Å². The second-order valence-electron chi connectivity index (χ2n) is 5.94. The molecule has 2 aromatic rings. The Morgan fingerprint density at radius 1 is 1.46 bits per heavy atom. The van der Waals surface area contributed by atoms with E-state index in [1.54, 1.807) is 7.11 Å². The monoisotopic (exact) mass is 329 g/mol. The molecule has 2 amide bonds. The minimum Gasteiger partial charge on any atom is -0.495 e. The zero-order chi connectivity index (χ0) is 17.1. The summed E-state index contributed by atoms with van der Waals surface area (Å²) in [6.07, 6.45) is 2.67. The predicted molar refractivity (Wildman–Crippen MR) is 91.3 cm³/mol. The maximum Gasteiger partial charge on any atom is 0.322 e. The van der Waals surface area contributed by atoms with Crippen LogP contribution < -0.4 is 10.1 Å². The highest BCUT2D eigenvalue weighted by Crippen LogP contribution is 2.36. The van der Waals surface area contributed by atoms with Crippen molar-refractivity contribution in [1.82, 2.24) is 10.1 Å². The summed E-state index contributed by atoms with van der Waals surface area (Å²) in [7, 11) is 1.59. The van der Waals surface area contributed by atoms with Crippen molar-refractivity contribution in [1.29, 1.82) is 0 Å². The number of nitrogens with one attached hydrogen (secondary N) is 1. The molecule has 6 nitrogen and oxygen atoms in total. The van der Waals surface area contributed by atoms with Gasteiger partial charge in [-0.2, -0.15) is 0 Å². The number of aromatic nitrogens is 1. The minimum absolute atomic E-state index is 0.0147. The first-order valence-corrected chi connectivity index (χ1v) is 8.31. The highest BCUT2D eigenvalue weighted by atomic mass is 16.5. The molecule has 3 rings (SSSR count). The van der Waals surface area contributed by atoms with Crippen molar-refractivity contribution in [3.63, 3.8) is 0 Å². The molecule has 0 spiro atoms. The molecular weight excluding hydrogens is 306 g/mol. The van der Waals surface area contributed by atoms with Crippen LogP contribution in [0.1, 0.15) is 42.8 Å². The summed E-state index contributed by atoms with van der Waals surface area (Å²) in [6.45, 7) is 4.70. The van der Waals surface area contributed by atoms with Crippen LogP contribution in [0.3, 0.4) is 0 Å². The molecule has 6 heteroatoms. The van der Waals surface area contributed by atoms with E-state index in [0.29, 0.717) is 11.4 Å². The number of hydrogen-bond donors (Lipinski definition) is 1. The zero-order valence-corrected chi connectivity index (χ0v) is 14.3. The Balaban J connectivity index is 1.82. The summed E-state index contributed by atoms with van der Waals surface area (Å²) in [5.41, 5.74) is 2.60. The number of nitrogens with zero attached hydrogens (tertiary/aromatic N) is 2. The SMILES string of the molecule is CCc1onc(C)c1[C@@H]1CCCN1C(=O)Nc1ccccc1OC. The van der Waals surface area contributed by atoms with Gasteiger partial charge in [-0.1, -0.05) is 24.2 Å². The van der Waals surface area contributed by atoms with Crippen LogP contribution in [0.15, 0.2) is 28.8 Å². The molecule has 1 aromatic heterocycles. The molecule has 0 radical (unpaired) electrons. The van der Waals surface area contributed by atoms with Crippen LogP contribution in [0.2, 0.25) is 0 Å². The zero-order valence-electron chi connectivity index (χ0n) is 14.3. The molecule has 1 saturated heterocycles. The van der Waals surface area contributed by atoms with Gasteiger partial charge < -0.3 is 19.5 Å². The van der Waals surface area contributed by atoms with Crippen LogP contribution in [0.5, 0.6) is 5.75 Å². The van der Waals surface area contributed by atoms with Gasteiger partial charge in [0.25, 0.3) is 0 Å². The number of rotatable bonds is 4. The molecule has 1 atom stereocenters. The number of amides is 2. The lowest BCUT2D eigenvalue weighted by molar-refractivity contribution is 0.206. The van der Waals surface area contributed by atoms with Gasteiger partial charge in [-0.05, 0) is 31.9 Å². The number of methoxy groups -OCH3 is 1. The van der Waals surface area contributed by atoms with Gasteiger partial charge >= 0.3 is 6.03 Å². The Morgan fingerprint density at radius 2 is 2.25 bits per heavy atom. The fourth-order valence-electron chi connectivity index (χ4n) is 3.35. The number of urea groups is 1. The van der Waals surface area contributed by atoms with Crippen molar-refractivity contribution < 1.29 is 14.1 Å². The average molecular weight is 329 g/mol. The molecular formula is C18H23N3O3. The summed E-state index contributed by atoms with van der Waals surface area (Å²) in [5, 5.41) is 7.05. The lowest BCUT2D eigenvalue weighted by Gasteiger charge is -2.25. The maximum atomic E-state index is 12.8. The fraction of sp³-hybridized carbons (Fsp3) is 0.444. The molecule has 128 valence electrons. The maximum absolute atomic E-state index is 12.8. The fourth-order valence-corrected chi connectivity index (χ4v) is 3.35. The molecule has 0 bridgehead atoms. The van der Waals surface area contributed by atoms with Gasteiger partial charge in [0.15, 0.2) is 0 Å². The summed E-state index contributed by atoms with van der Waals surface area (Å²) >= 11 is 0. The van der Waals surface area contributed by atoms with E-state index < -0.39 is 0 Å². The van der Waals surface area contributed by atoms with Gasteiger partial charge in [-0.3, -0.25) is 0 Å². The molecule has 2 heterocycles. The van der Waals surface area contributed by atoms with Crippen LogP contribution >= 0.6 is 0 Å². The summed E-state index contributed by atoms with van der Waals surface area (Å²) in [4.78, 5) is 14.7. The third-order valence-electron chi connectivity index (χ3n) is 4.50. The number of aryl methyl sites for hydroxylation is 2. The lowest BCUT2D eigenvalue weighted by Crippen LogP contribution is -2.35. The van der Waals surface area contributed by atoms with Crippen LogP contribution in [-0.4, -0.2) is 29.7 Å². The smallest absolute Gasteiger partial charge is 0.322 e. The standard InChI is InChI=1S/C18H23N3O3/c1-4-15-17(12(2)20-24-15)14-9-7-11-21(14)18(22)19-13-8-5-6-10-16(13)23-3/h5-6,8,10,14H,4,7,9,11H2,1-3H3,(H,19,22)/t14-/m0/s1. The van der Waals surface area contributed by atoms with E-state index in [9.17, 15) is 4.79 Å². The van der Waals surface area contributed by atoms with E-state index in [-0.39, 0.29) is 12.1 Å². The number of hydrogen-bond acceptors (Lipinski definition) is 4. The Bertz CT molecular complexity index is 726. The summed E-state index contributed by atoms with van der Waals surface area (Å²) < 4.78 is 10.7. The Kier molecular flexibility index (Phi) is 4.74. The summed E-state index contributed by atoms with van der Waals surface area (Å²) in [6, 6.07) is 7.31. The van der Waals surface area contributed by atoms with E-state index in [1.807, 2.05) is 43.0 Å². The number of benzene rings is 1. The third kappa shape index (κ3) is 2.96. The first-order valence-electron chi connectivity index (χ1n) is 8.31. The lowest BCUT2D eigenvalue weighted by atomic mass is 10.0. The van der Waals surface area contributed by atoms with E-state index >= 15 is 0 Å². The topological polar surface area (TPSA) is 67.6 Å². The van der Waals surface area contributed by atoms with Crippen molar-refractivity contribution in [2.24, 2.45) is 0 Å².